The Morgan fingerprint density at radius 1 is 1.06 bits per heavy atom. The van der Waals surface area contributed by atoms with Crippen LogP contribution in [0.1, 0.15) is 15.8 Å². The number of alkyl halides is 1. The van der Waals surface area contributed by atoms with Crippen LogP contribution in [0, 0.1) is 0 Å². The average molecular weight is 480 g/mol. The van der Waals surface area contributed by atoms with Gasteiger partial charge in [0.15, 0.2) is 0 Å². The summed E-state index contributed by atoms with van der Waals surface area (Å²) in [6.07, 6.45) is 0. The molecule has 0 radical (unpaired) electrons. The maximum absolute atomic E-state index is 6.47. The molecule has 1 aromatic carbocycles. The van der Waals surface area contributed by atoms with Gasteiger partial charge in [-0.25, -0.2) is 0 Å². The zero-order chi connectivity index (χ0) is 12.6. The number of hydrogen-bond acceptors (Lipinski definition) is 1. The summed E-state index contributed by atoms with van der Waals surface area (Å²) in [5.74, 6) is 0. The fourth-order valence-corrected chi connectivity index (χ4v) is 4.45. The molecule has 1 aromatic heterocycles. The monoisotopic (exact) mass is 476 g/mol. The fraction of sp³-hybridized carbons (Fsp3) is 0.0909. The van der Waals surface area contributed by atoms with Gasteiger partial charge in [-0.15, -0.1) is 22.9 Å². The van der Waals surface area contributed by atoms with E-state index in [1.54, 1.807) is 0 Å². The third-order valence-electron chi connectivity index (χ3n) is 2.15. The summed E-state index contributed by atoms with van der Waals surface area (Å²) in [4.78, 5) is 1.02. The van der Waals surface area contributed by atoms with Crippen LogP contribution in [0.3, 0.4) is 0 Å². The van der Waals surface area contributed by atoms with Gasteiger partial charge in [0.05, 0.1) is 5.38 Å². The molecule has 1 atom stereocenters. The highest BCUT2D eigenvalue weighted by Crippen LogP contribution is 2.42. The Morgan fingerprint density at radius 2 is 1.76 bits per heavy atom. The van der Waals surface area contributed by atoms with E-state index in [0.717, 1.165) is 28.2 Å². The molecular weight excluding hydrogens is 475 g/mol. The number of hydrogen-bond donors (Lipinski definition) is 0. The van der Waals surface area contributed by atoms with E-state index < -0.39 is 0 Å². The lowest BCUT2D eigenvalue weighted by molar-refractivity contribution is 1.16. The summed E-state index contributed by atoms with van der Waals surface area (Å²) in [6, 6.07) is 7.90. The second-order valence-corrected chi connectivity index (χ2v) is 8.05. The van der Waals surface area contributed by atoms with Crippen molar-refractivity contribution in [1.29, 1.82) is 0 Å². The second-order valence-electron chi connectivity index (χ2n) is 3.30. The summed E-state index contributed by atoms with van der Waals surface area (Å²) in [6.45, 7) is 0. The molecule has 0 saturated carbocycles. The SMILES string of the molecule is Clc1sc(C(Cl)c2cc(Br)ccc2Br)cc1Br. The van der Waals surface area contributed by atoms with E-state index in [9.17, 15) is 0 Å². The van der Waals surface area contributed by atoms with Crippen molar-refractivity contribution in [1.82, 2.24) is 0 Å². The van der Waals surface area contributed by atoms with Crippen molar-refractivity contribution in [2.75, 3.05) is 0 Å². The molecule has 0 spiro atoms. The Labute approximate surface area is 139 Å². The van der Waals surface area contributed by atoms with Crippen LogP contribution in [0.15, 0.2) is 37.7 Å². The van der Waals surface area contributed by atoms with E-state index in [1.165, 1.54) is 11.3 Å². The predicted molar refractivity (Wildman–Crippen MR) is 86.6 cm³/mol. The molecule has 0 amide bonds. The highest BCUT2D eigenvalue weighted by Gasteiger charge is 2.18. The minimum Gasteiger partial charge on any atom is -0.125 e. The molecule has 1 unspecified atom stereocenters. The molecule has 0 aliphatic heterocycles. The van der Waals surface area contributed by atoms with E-state index >= 15 is 0 Å². The van der Waals surface area contributed by atoms with E-state index in [0.29, 0.717) is 0 Å². The van der Waals surface area contributed by atoms with Gasteiger partial charge in [-0.1, -0.05) is 43.5 Å². The summed E-state index contributed by atoms with van der Waals surface area (Å²) < 4.78 is 3.59. The van der Waals surface area contributed by atoms with E-state index in [2.05, 4.69) is 47.8 Å². The first-order valence-electron chi connectivity index (χ1n) is 4.53. The van der Waals surface area contributed by atoms with Crippen LogP contribution in [-0.2, 0) is 0 Å². The van der Waals surface area contributed by atoms with Crippen LogP contribution >= 0.6 is 82.3 Å². The Hall–Kier alpha value is 0.940. The Morgan fingerprint density at radius 3 is 2.35 bits per heavy atom. The van der Waals surface area contributed by atoms with Crippen LogP contribution in [0.4, 0.5) is 0 Å². The summed E-state index contributed by atoms with van der Waals surface area (Å²) >= 11 is 24.3. The van der Waals surface area contributed by atoms with Crippen molar-refractivity contribution in [3.8, 4) is 0 Å². The smallest absolute Gasteiger partial charge is 0.107 e. The highest BCUT2D eigenvalue weighted by molar-refractivity contribution is 9.11. The molecule has 1 heterocycles. The van der Waals surface area contributed by atoms with Crippen LogP contribution in [0.25, 0.3) is 0 Å². The van der Waals surface area contributed by atoms with Crippen molar-refractivity contribution in [2.24, 2.45) is 0 Å². The van der Waals surface area contributed by atoms with Crippen LogP contribution in [0.2, 0.25) is 4.34 Å². The summed E-state index contributed by atoms with van der Waals surface area (Å²) in [5, 5.41) is -0.212. The maximum atomic E-state index is 6.47. The van der Waals surface area contributed by atoms with Gasteiger partial charge in [-0.05, 0) is 45.8 Å². The van der Waals surface area contributed by atoms with Gasteiger partial charge in [0.2, 0.25) is 0 Å². The molecule has 0 saturated heterocycles. The third kappa shape index (κ3) is 3.28. The van der Waals surface area contributed by atoms with Gasteiger partial charge < -0.3 is 0 Å². The van der Waals surface area contributed by atoms with Crippen LogP contribution < -0.4 is 0 Å². The average Bonchev–Trinajstić information content (AvgIpc) is 2.62. The van der Waals surface area contributed by atoms with Crippen molar-refractivity contribution in [3.05, 3.63) is 52.5 Å². The standard InChI is InChI=1S/C11H5Br3Cl2S/c12-5-1-2-7(13)6(3-5)10(15)9-4-8(14)11(16)17-9/h1-4,10H. The molecule has 6 heteroatoms. The minimum absolute atomic E-state index is 0.212. The largest absolute Gasteiger partial charge is 0.125 e. The van der Waals surface area contributed by atoms with Crippen molar-refractivity contribution < 1.29 is 0 Å². The molecule has 0 N–H and O–H groups in total. The molecule has 0 nitrogen and oxygen atoms in total. The van der Waals surface area contributed by atoms with Crippen molar-refractivity contribution >= 4 is 82.3 Å². The summed E-state index contributed by atoms with van der Waals surface area (Å²) in [7, 11) is 0. The normalized spacial score (nSPS) is 12.8. The minimum atomic E-state index is -0.212. The highest BCUT2D eigenvalue weighted by atomic mass is 79.9. The maximum Gasteiger partial charge on any atom is 0.107 e. The lowest BCUT2D eigenvalue weighted by atomic mass is 10.1. The Kier molecular flexibility index (Phi) is 5.01. The topological polar surface area (TPSA) is 0 Å². The first kappa shape index (κ1) is 14.4. The van der Waals surface area contributed by atoms with E-state index in [1.807, 2.05) is 24.3 Å². The van der Waals surface area contributed by atoms with Crippen molar-refractivity contribution in [3.63, 3.8) is 0 Å². The first-order valence-corrected chi connectivity index (χ1v) is 8.54. The van der Waals surface area contributed by atoms with Gasteiger partial charge >= 0.3 is 0 Å². The van der Waals surface area contributed by atoms with Crippen LogP contribution in [-0.4, -0.2) is 0 Å². The second kappa shape index (κ2) is 5.93. The molecule has 0 aliphatic carbocycles. The fourth-order valence-electron chi connectivity index (χ4n) is 1.35. The molecule has 0 fully saturated rings. The summed E-state index contributed by atoms with van der Waals surface area (Å²) in [5.41, 5.74) is 1.02. The lowest BCUT2D eigenvalue weighted by Gasteiger charge is -2.10. The number of rotatable bonds is 2. The quantitative estimate of drug-likeness (QED) is 0.406. The molecule has 0 bridgehead atoms. The Bertz CT molecular complexity index is 534. The zero-order valence-electron chi connectivity index (χ0n) is 8.18. The van der Waals surface area contributed by atoms with Gasteiger partial charge in [0, 0.05) is 18.3 Å². The lowest BCUT2D eigenvalue weighted by Crippen LogP contribution is -1.91. The van der Waals surface area contributed by atoms with E-state index in [4.69, 9.17) is 23.2 Å². The van der Waals surface area contributed by atoms with Crippen molar-refractivity contribution in [2.45, 2.75) is 5.38 Å². The first-order chi connectivity index (χ1) is 7.99. The predicted octanol–water partition coefficient (Wildman–Crippen LogP) is 7.02. The Balaban J connectivity index is 2.42. The van der Waals surface area contributed by atoms with Gasteiger partial charge in [-0.2, -0.15) is 0 Å². The molecule has 2 rings (SSSR count). The van der Waals surface area contributed by atoms with E-state index in [-0.39, 0.29) is 5.38 Å². The number of thiophene rings is 1. The van der Waals surface area contributed by atoms with Gasteiger partial charge in [0.25, 0.3) is 0 Å². The third-order valence-corrected chi connectivity index (χ3v) is 6.50. The van der Waals surface area contributed by atoms with Crippen LogP contribution in [0.5, 0.6) is 0 Å². The zero-order valence-corrected chi connectivity index (χ0v) is 15.3. The molecule has 2 aromatic rings. The van der Waals surface area contributed by atoms with Gasteiger partial charge in [0.1, 0.15) is 4.34 Å². The number of benzene rings is 1. The molecule has 0 aliphatic rings. The number of halogens is 5. The van der Waals surface area contributed by atoms with Gasteiger partial charge in [-0.3, -0.25) is 0 Å². The molecule has 17 heavy (non-hydrogen) atoms. The molecule has 90 valence electrons. The molecular formula is C11H5Br3Cl2S.